The maximum atomic E-state index is 9.30. The minimum absolute atomic E-state index is 0.322. The van der Waals surface area contributed by atoms with Crippen LogP contribution in [0.2, 0.25) is 0 Å². The summed E-state index contributed by atoms with van der Waals surface area (Å²) in [6, 6.07) is 16.7. The third kappa shape index (κ3) is 3.84. The Morgan fingerprint density at radius 1 is 1.00 bits per heavy atom. The van der Waals surface area contributed by atoms with E-state index in [-0.39, 0.29) is 0 Å². The Hall–Kier alpha value is -1.80. The zero-order chi connectivity index (χ0) is 14.5. The van der Waals surface area contributed by atoms with Gasteiger partial charge in [0, 0.05) is 12.1 Å². The van der Waals surface area contributed by atoms with Crippen LogP contribution in [0.3, 0.4) is 0 Å². The van der Waals surface area contributed by atoms with E-state index in [0.29, 0.717) is 17.8 Å². The van der Waals surface area contributed by atoms with E-state index in [2.05, 4.69) is 50.4 Å². The molecule has 2 aromatic rings. The molecule has 2 atom stereocenters. The molecule has 0 saturated heterocycles. The minimum atomic E-state index is 0.322. The highest BCUT2D eigenvalue weighted by Gasteiger charge is 2.11. The van der Waals surface area contributed by atoms with Crippen molar-refractivity contribution in [2.45, 2.75) is 39.3 Å². The van der Waals surface area contributed by atoms with Crippen LogP contribution in [-0.4, -0.2) is 11.1 Å². The molecule has 20 heavy (non-hydrogen) atoms. The van der Waals surface area contributed by atoms with E-state index in [1.807, 2.05) is 12.1 Å². The van der Waals surface area contributed by atoms with Gasteiger partial charge in [-0.05, 0) is 56.0 Å². The van der Waals surface area contributed by atoms with Gasteiger partial charge in [-0.3, -0.25) is 0 Å². The van der Waals surface area contributed by atoms with Crippen molar-refractivity contribution in [2.24, 2.45) is 0 Å². The predicted octanol–water partition coefficient (Wildman–Crippen LogP) is 3.98. The molecule has 2 N–H and O–H groups in total. The first-order valence-electron chi connectivity index (χ1n) is 7.15. The van der Waals surface area contributed by atoms with Crippen molar-refractivity contribution in [3.05, 3.63) is 65.2 Å². The van der Waals surface area contributed by atoms with Gasteiger partial charge in [0.05, 0.1) is 0 Å². The summed E-state index contributed by atoms with van der Waals surface area (Å²) >= 11 is 0. The van der Waals surface area contributed by atoms with Crippen molar-refractivity contribution in [3.8, 4) is 5.75 Å². The Balaban J connectivity index is 1.96. The summed E-state index contributed by atoms with van der Waals surface area (Å²) in [5, 5.41) is 12.9. The van der Waals surface area contributed by atoms with Crippen LogP contribution < -0.4 is 5.32 Å². The van der Waals surface area contributed by atoms with E-state index in [1.54, 1.807) is 12.1 Å². The van der Waals surface area contributed by atoms with Gasteiger partial charge in [0.25, 0.3) is 0 Å². The third-order valence-electron chi connectivity index (χ3n) is 3.67. The fourth-order valence-corrected chi connectivity index (χ4v) is 2.63. The molecule has 0 amide bonds. The number of phenols is 1. The summed E-state index contributed by atoms with van der Waals surface area (Å²) < 4.78 is 0. The molecule has 0 aromatic heterocycles. The zero-order valence-electron chi connectivity index (χ0n) is 12.4. The first-order chi connectivity index (χ1) is 9.56. The standard InChI is InChI=1S/C18H23NO/c1-13-6-4-5-7-18(13)15(3)19-14(2)12-16-8-10-17(20)11-9-16/h4-11,14-15,19-20H,12H2,1-3H3. The lowest BCUT2D eigenvalue weighted by atomic mass is 10.0. The van der Waals surface area contributed by atoms with Gasteiger partial charge >= 0.3 is 0 Å². The van der Waals surface area contributed by atoms with E-state index in [4.69, 9.17) is 0 Å². The van der Waals surface area contributed by atoms with Crippen LogP contribution in [-0.2, 0) is 6.42 Å². The number of hydrogen-bond donors (Lipinski definition) is 2. The molecule has 0 spiro atoms. The normalized spacial score (nSPS) is 13.9. The molecule has 2 unspecified atom stereocenters. The van der Waals surface area contributed by atoms with E-state index in [0.717, 1.165) is 6.42 Å². The van der Waals surface area contributed by atoms with Crippen LogP contribution in [0, 0.1) is 6.92 Å². The van der Waals surface area contributed by atoms with Crippen molar-refractivity contribution in [1.29, 1.82) is 0 Å². The number of hydrogen-bond acceptors (Lipinski definition) is 2. The summed E-state index contributed by atoms with van der Waals surface area (Å²) in [5.41, 5.74) is 3.91. The fraction of sp³-hybridized carbons (Fsp3) is 0.333. The summed E-state index contributed by atoms with van der Waals surface area (Å²) in [7, 11) is 0. The molecule has 0 radical (unpaired) electrons. The average molecular weight is 269 g/mol. The first-order valence-corrected chi connectivity index (χ1v) is 7.15. The van der Waals surface area contributed by atoms with Gasteiger partial charge < -0.3 is 10.4 Å². The lowest BCUT2D eigenvalue weighted by Gasteiger charge is -2.22. The number of phenolic OH excluding ortho intramolecular Hbond substituents is 1. The molecular formula is C18H23NO. The minimum Gasteiger partial charge on any atom is -0.508 e. The lowest BCUT2D eigenvalue weighted by molar-refractivity contribution is 0.470. The Morgan fingerprint density at radius 3 is 2.30 bits per heavy atom. The van der Waals surface area contributed by atoms with E-state index < -0.39 is 0 Å². The number of aryl methyl sites for hydroxylation is 1. The smallest absolute Gasteiger partial charge is 0.115 e. The van der Waals surface area contributed by atoms with E-state index in [9.17, 15) is 5.11 Å². The topological polar surface area (TPSA) is 32.3 Å². The molecule has 0 aliphatic rings. The van der Waals surface area contributed by atoms with E-state index >= 15 is 0 Å². The van der Waals surface area contributed by atoms with Gasteiger partial charge in [-0.25, -0.2) is 0 Å². The van der Waals surface area contributed by atoms with Gasteiger partial charge in [0.1, 0.15) is 5.75 Å². The molecule has 2 nitrogen and oxygen atoms in total. The van der Waals surface area contributed by atoms with Crippen LogP contribution in [0.25, 0.3) is 0 Å². The predicted molar refractivity (Wildman–Crippen MR) is 84.0 cm³/mol. The molecule has 0 aliphatic heterocycles. The molecule has 0 fully saturated rings. The van der Waals surface area contributed by atoms with Crippen LogP contribution >= 0.6 is 0 Å². The van der Waals surface area contributed by atoms with Gasteiger partial charge in [-0.15, -0.1) is 0 Å². The second kappa shape index (κ2) is 6.58. The Bertz CT molecular complexity index is 548. The van der Waals surface area contributed by atoms with Crippen molar-refractivity contribution < 1.29 is 5.11 Å². The molecule has 2 rings (SSSR count). The Morgan fingerprint density at radius 2 is 1.65 bits per heavy atom. The molecule has 0 aliphatic carbocycles. The van der Waals surface area contributed by atoms with Gasteiger partial charge in [0.2, 0.25) is 0 Å². The SMILES string of the molecule is Cc1ccccc1C(C)NC(C)Cc1ccc(O)cc1. The highest BCUT2D eigenvalue weighted by atomic mass is 16.3. The number of aromatic hydroxyl groups is 1. The first kappa shape index (κ1) is 14.6. The van der Waals surface area contributed by atoms with Gasteiger partial charge in [-0.2, -0.15) is 0 Å². The highest BCUT2D eigenvalue weighted by Crippen LogP contribution is 2.18. The molecule has 0 saturated carbocycles. The second-order valence-electron chi connectivity index (χ2n) is 5.52. The largest absolute Gasteiger partial charge is 0.508 e. The van der Waals surface area contributed by atoms with Crippen molar-refractivity contribution in [1.82, 2.24) is 5.32 Å². The second-order valence-corrected chi connectivity index (χ2v) is 5.52. The van der Waals surface area contributed by atoms with Gasteiger partial charge in [-0.1, -0.05) is 36.4 Å². The van der Waals surface area contributed by atoms with Crippen molar-refractivity contribution >= 4 is 0 Å². The maximum Gasteiger partial charge on any atom is 0.115 e. The summed E-state index contributed by atoms with van der Waals surface area (Å²) in [6.07, 6.45) is 0.955. The van der Waals surface area contributed by atoms with E-state index in [1.165, 1.54) is 16.7 Å². The van der Waals surface area contributed by atoms with Crippen molar-refractivity contribution in [3.63, 3.8) is 0 Å². The molecule has 2 heteroatoms. The Kier molecular flexibility index (Phi) is 4.80. The van der Waals surface area contributed by atoms with Crippen LogP contribution in [0.15, 0.2) is 48.5 Å². The number of benzene rings is 2. The molecule has 106 valence electrons. The third-order valence-corrected chi connectivity index (χ3v) is 3.67. The molecule has 0 heterocycles. The molecule has 0 bridgehead atoms. The lowest BCUT2D eigenvalue weighted by Crippen LogP contribution is -2.31. The monoisotopic (exact) mass is 269 g/mol. The highest BCUT2D eigenvalue weighted by molar-refractivity contribution is 5.29. The van der Waals surface area contributed by atoms with Gasteiger partial charge in [0.15, 0.2) is 0 Å². The zero-order valence-corrected chi connectivity index (χ0v) is 12.4. The summed E-state index contributed by atoms with van der Waals surface area (Å²) in [6.45, 7) is 6.55. The van der Waals surface area contributed by atoms with Crippen LogP contribution in [0.4, 0.5) is 0 Å². The quantitative estimate of drug-likeness (QED) is 0.860. The van der Waals surface area contributed by atoms with Crippen molar-refractivity contribution in [2.75, 3.05) is 0 Å². The molecular weight excluding hydrogens is 246 g/mol. The van der Waals surface area contributed by atoms with Crippen LogP contribution in [0.1, 0.15) is 36.6 Å². The average Bonchev–Trinajstić information content (AvgIpc) is 2.41. The Labute approximate surface area is 121 Å². The fourth-order valence-electron chi connectivity index (χ4n) is 2.63. The van der Waals surface area contributed by atoms with Crippen LogP contribution in [0.5, 0.6) is 5.75 Å². The number of rotatable bonds is 5. The summed E-state index contributed by atoms with van der Waals surface area (Å²) in [4.78, 5) is 0. The molecule has 2 aromatic carbocycles. The maximum absolute atomic E-state index is 9.30. The number of nitrogens with one attached hydrogen (secondary N) is 1. The summed E-state index contributed by atoms with van der Waals surface area (Å²) in [5.74, 6) is 0.322.